The van der Waals surface area contributed by atoms with Gasteiger partial charge in [0.2, 0.25) is 29.6 Å². The summed E-state index contributed by atoms with van der Waals surface area (Å²) in [5.74, 6) is -3.26. The van der Waals surface area contributed by atoms with Crippen molar-refractivity contribution in [2.75, 3.05) is 25.5 Å². The first-order valence-corrected chi connectivity index (χ1v) is 22.8. The third kappa shape index (κ3) is 17.3. The van der Waals surface area contributed by atoms with Gasteiger partial charge in [0.25, 0.3) is 0 Å². The number of methoxy groups -OCH3 is 1. The summed E-state index contributed by atoms with van der Waals surface area (Å²) in [6.07, 6.45) is 3.16. The highest BCUT2D eigenvalue weighted by molar-refractivity contribution is 5.95. The minimum absolute atomic E-state index is 0.00902. The lowest BCUT2D eigenvalue weighted by molar-refractivity contribution is -0.153. The first-order valence-electron chi connectivity index (χ1n) is 22.8. The van der Waals surface area contributed by atoms with Crippen LogP contribution in [0.1, 0.15) is 104 Å². The van der Waals surface area contributed by atoms with Crippen LogP contribution in [0.5, 0.6) is 0 Å². The molecule has 4 atom stereocenters. The molecule has 1 aromatic heterocycles. The molecule has 0 radical (unpaired) electrons. The molecule has 0 aliphatic carbocycles. The second kappa shape index (κ2) is 24.3. The number of anilines is 1. The molecule has 0 saturated carbocycles. The third-order valence-electron chi connectivity index (χ3n) is 10.8. The highest BCUT2D eigenvalue weighted by Crippen LogP contribution is 2.26. The van der Waals surface area contributed by atoms with Crippen molar-refractivity contribution in [3.8, 4) is 0 Å². The molecule has 1 aliphatic rings. The fourth-order valence-electron chi connectivity index (χ4n) is 7.41. The Morgan fingerprint density at radius 2 is 1.16 bits per heavy atom. The molecule has 2 heterocycles. The van der Waals surface area contributed by atoms with E-state index in [0.717, 1.165) is 11.1 Å². The second-order valence-electron chi connectivity index (χ2n) is 18.9. The van der Waals surface area contributed by atoms with Gasteiger partial charge in [-0.15, -0.1) is 0 Å². The Morgan fingerprint density at radius 3 is 1.70 bits per heavy atom. The molecule has 364 valence electrons. The molecule has 5 N–H and O–H groups in total. The second-order valence-corrected chi connectivity index (χ2v) is 18.9. The maximum absolute atomic E-state index is 14.6. The fraction of sp³-hybridized carbons (Fsp3) is 0.531. The Labute approximate surface area is 393 Å². The van der Waals surface area contributed by atoms with Crippen LogP contribution < -0.4 is 26.6 Å². The summed E-state index contributed by atoms with van der Waals surface area (Å²) in [5, 5.41) is 13.8. The zero-order valence-electron chi connectivity index (χ0n) is 40.2. The van der Waals surface area contributed by atoms with Gasteiger partial charge in [0.1, 0.15) is 34.9 Å². The summed E-state index contributed by atoms with van der Waals surface area (Å²) in [5.41, 5.74) is -0.905. The quantitative estimate of drug-likeness (QED) is 0.0772. The van der Waals surface area contributed by atoms with Crippen LogP contribution in [0.15, 0.2) is 73.1 Å². The number of nitrogens with zero attached hydrogens (tertiary/aromatic N) is 3. The standard InChI is InChI=1S/C49H68N8O10/c1-10-11-22-36(52-41(60)37(28-34-20-16-13-17-21-34)53-39(58)32(2)27-33-18-14-12-15-19-33)40(59)54-38(29-35-30-50-44(51-31-35)55-45(63)66-47(3,4)5)42(61)57-25-23-49(24-26-57,43(62)65-9)56-46(64)67-48(6,7)8/h12-21,30-32,36-38H,10-11,22-29H2,1-9H3,(H,52,60)(H,53,58)(H,54,59)(H,56,64)(H,50,51,55,63)/t32-,36-,37-,38-/m1/s1. The largest absolute Gasteiger partial charge is 0.467 e. The molecule has 3 aromatic rings. The average Bonchev–Trinajstić information content (AvgIpc) is 3.26. The molecular weight excluding hydrogens is 861 g/mol. The lowest BCUT2D eigenvalue weighted by atomic mass is 9.87. The van der Waals surface area contributed by atoms with Crippen LogP contribution in [0.4, 0.5) is 15.5 Å². The van der Waals surface area contributed by atoms with Gasteiger partial charge in [0.05, 0.1) is 7.11 Å². The summed E-state index contributed by atoms with van der Waals surface area (Å²) in [6, 6.07) is 15.4. The molecule has 67 heavy (non-hydrogen) atoms. The van der Waals surface area contributed by atoms with Gasteiger partial charge in [-0.3, -0.25) is 24.5 Å². The number of esters is 1. The van der Waals surface area contributed by atoms with E-state index in [9.17, 15) is 33.6 Å². The highest BCUT2D eigenvalue weighted by atomic mass is 16.6. The van der Waals surface area contributed by atoms with E-state index in [4.69, 9.17) is 14.2 Å². The van der Waals surface area contributed by atoms with Gasteiger partial charge in [0, 0.05) is 44.2 Å². The van der Waals surface area contributed by atoms with Gasteiger partial charge in [-0.25, -0.2) is 24.4 Å². The van der Waals surface area contributed by atoms with Crippen molar-refractivity contribution in [2.24, 2.45) is 5.92 Å². The van der Waals surface area contributed by atoms with E-state index in [-0.39, 0.29) is 57.0 Å². The van der Waals surface area contributed by atoms with Gasteiger partial charge in [-0.05, 0) is 83.9 Å². The number of hydrogen-bond acceptors (Lipinski definition) is 12. The van der Waals surface area contributed by atoms with Crippen molar-refractivity contribution >= 4 is 47.7 Å². The predicted octanol–water partition coefficient (Wildman–Crippen LogP) is 5.19. The zero-order valence-corrected chi connectivity index (χ0v) is 40.2. The first kappa shape index (κ1) is 53.0. The van der Waals surface area contributed by atoms with Gasteiger partial charge in [0.15, 0.2) is 0 Å². The molecule has 18 nitrogen and oxygen atoms in total. The Kier molecular flexibility index (Phi) is 19.2. The van der Waals surface area contributed by atoms with Gasteiger partial charge in [-0.1, -0.05) is 87.4 Å². The summed E-state index contributed by atoms with van der Waals surface area (Å²) in [7, 11) is 1.21. The van der Waals surface area contributed by atoms with Crippen molar-refractivity contribution in [3.05, 3.63) is 89.7 Å². The Hall–Kier alpha value is -6.59. The van der Waals surface area contributed by atoms with E-state index >= 15 is 0 Å². The van der Waals surface area contributed by atoms with Crippen LogP contribution in [0.3, 0.4) is 0 Å². The molecule has 1 aliphatic heterocycles. The van der Waals surface area contributed by atoms with Crippen molar-refractivity contribution in [1.82, 2.24) is 36.1 Å². The minimum Gasteiger partial charge on any atom is -0.467 e. The van der Waals surface area contributed by atoms with Gasteiger partial charge >= 0.3 is 18.2 Å². The van der Waals surface area contributed by atoms with E-state index in [0.29, 0.717) is 24.8 Å². The van der Waals surface area contributed by atoms with Crippen LogP contribution in [0.25, 0.3) is 0 Å². The summed E-state index contributed by atoms with van der Waals surface area (Å²) < 4.78 is 15.8. The number of carbonyl (C=O) groups excluding carboxylic acids is 7. The Bertz CT molecular complexity index is 2130. The maximum atomic E-state index is 14.6. The van der Waals surface area contributed by atoms with Crippen molar-refractivity contribution in [2.45, 2.75) is 142 Å². The van der Waals surface area contributed by atoms with Crippen LogP contribution >= 0.6 is 0 Å². The monoisotopic (exact) mass is 929 g/mol. The summed E-state index contributed by atoms with van der Waals surface area (Å²) in [4.78, 5) is 105. The number of hydrogen-bond donors (Lipinski definition) is 5. The van der Waals surface area contributed by atoms with Crippen molar-refractivity contribution in [3.63, 3.8) is 0 Å². The lowest BCUT2D eigenvalue weighted by Crippen LogP contribution is -2.63. The van der Waals surface area contributed by atoms with Crippen LogP contribution in [0.2, 0.25) is 0 Å². The number of amides is 6. The SMILES string of the molecule is CCCC[C@@H](NC(=O)[C@@H](Cc1ccccc1)NC(=O)[C@H](C)Cc1ccccc1)C(=O)N[C@H](Cc1cnc(NC(=O)OC(C)(C)C)nc1)C(=O)N1CCC(NC(=O)OC(C)(C)C)(C(=O)OC)CC1. The molecule has 0 spiro atoms. The average molecular weight is 929 g/mol. The van der Waals surface area contributed by atoms with Crippen molar-refractivity contribution in [1.29, 1.82) is 0 Å². The fourth-order valence-corrected chi connectivity index (χ4v) is 7.41. The molecular formula is C49H68N8O10. The van der Waals surface area contributed by atoms with E-state index in [1.165, 1.54) is 24.4 Å². The number of benzene rings is 2. The van der Waals surface area contributed by atoms with Gasteiger partial charge < -0.3 is 40.4 Å². The Morgan fingerprint density at radius 1 is 0.672 bits per heavy atom. The summed E-state index contributed by atoms with van der Waals surface area (Å²) in [6.45, 7) is 13.9. The molecule has 1 saturated heterocycles. The molecule has 0 bridgehead atoms. The number of nitrogens with one attached hydrogen (secondary N) is 5. The van der Waals surface area contributed by atoms with Crippen molar-refractivity contribution < 1.29 is 47.8 Å². The zero-order chi connectivity index (χ0) is 49.4. The van der Waals surface area contributed by atoms with E-state index < -0.39 is 76.7 Å². The van der Waals surface area contributed by atoms with E-state index in [1.54, 1.807) is 48.5 Å². The molecule has 2 aromatic carbocycles. The van der Waals surface area contributed by atoms with Crippen LogP contribution in [-0.2, 0) is 57.4 Å². The molecule has 18 heteroatoms. The van der Waals surface area contributed by atoms with E-state index in [2.05, 4.69) is 36.6 Å². The van der Waals surface area contributed by atoms with Gasteiger partial charge in [-0.2, -0.15) is 0 Å². The smallest absolute Gasteiger partial charge is 0.414 e. The number of unbranched alkanes of at least 4 members (excludes halogenated alkanes) is 1. The number of ether oxygens (including phenoxy) is 3. The number of likely N-dealkylation sites (tertiary alicyclic amines) is 1. The highest BCUT2D eigenvalue weighted by Gasteiger charge is 2.46. The maximum Gasteiger partial charge on any atom is 0.414 e. The normalized spacial score (nSPS) is 15.3. The first-order chi connectivity index (χ1) is 31.6. The molecule has 1 fully saturated rings. The summed E-state index contributed by atoms with van der Waals surface area (Å²) >= 11 is 0. The topological polar surface area (TPSA) is 236 Å². The number of carbonyl (C=O) groups is 7. The molecule has 6 amide bonds. The molecule has 0 unspecified atom stereocenters. The minimum atomic E-state index is -1.49. The number of rotatable bonds is 19. The molecule has 4 rings (SSSR count). The number of alkyl carbamates (subject to hydrolysis) is 1. The number of piperidine rings is 1. The van der Waals surface area contributed by atoms with E-state index in [1.807, 2.05) is 67.6 Å². The lowest BCUT2D eigenvalue weighted by Gasteiger charge is -2.41. The predicted molar refractivity (Wildman–Crippen MR) is 250 cm³/mol. The number of aromatic nitrogens is 2. The third-order valence-corrected chi connectivity index (χ3v) is 10.8. The van der Waals surface area contributed by atoms with Crippen LogP contribution in [-0.4, -0.2) is 112 Å². The van der Waals surface area contributed by atoms with Crippen LogP contribution in [0, 0.1) is 5.92 Å². The Balaban J connectivity index is 1.59.